The summed E-state index contributed by atoms with van der Waals surface area (Å²) in [5.74, 6) is -0.210. The van der Waals surface area contributed by atoms with Gasteiger partial charge in [0.15, 0.2) is 0 Å². The van der Waals surface area contributed by atoms with Crippen LogP contribution in [0.3, 0.4) is 0 Å². The van der Waals surface area contributed by atoms with Gasteiger partial charge in [0.25, 0.3) is 0 Å². The first-order chi connectivity index (χ1) is 17.6. The van der Waals surface area contributed by atoms with Crippen molar-refractivity contribution in [1.29, 1.82) is 0 Å². The highest BCUT2D eigenvalue weighted by Gasteiger charge is 2.41. The van der Waals surface area contributed by atoms with E-state index in [1.54, 1.807) is 4.90 Å². The van der Waals surface area contributed by atoms with E-state index in [4.69, 9.17) is 27.1 Å². The maximum Gasteiger partial charge on any atom is 0.411 e. The lowest BCUT2D eigenvalue weighted by Crippen LogP contribution is -2.61. The van der Waals surface area contributed by atoms with Crippen LogP contribution in [-0.2, 0) is 22.4 Å². The van der Waals surface area contributed by atoms with Gasteiger partial charge >= 0.3 is 6.09 Å². The van der Waals surface area contributed by atoms with Gasteiger partial charge in [-0.3, -0.25) is 19.6 Å². The van der Waals surface area contributed by atoms with Crippen molar-refractivity contribution < 1.29 is 14.3 Å². The third-order valence-corrected chi connectivity index (χ3v) is 7.35. The summed E-state index contributed by atoms with van der Waals surface area (Å²) in [4.78, 5) is 35.1. The summed E-state index contributed by atoms with van der Waals surface area (Å²) in [6.07, 6.45) is 3.69. The zero-order chi connectivity index (χ0) is 26.7. The molecule has 0 spiro atoms. The molecule has 4 rings (SSSR count). The number of hydrogen-bond acceptors (Lipinski definition) is 6. The van der Waals surface area contributed by atoms with Crippen LogP contribution in [0.1, 0.15) is 55.6 Å². The maximum absolute atomic E-state index is 13.4. The second-order valence-electron chi connectivity index (χ2n) is 10.6. The fourth-order valence-corrected chi connectivity index (χ4v) is 5.59. The normalized spacial score (nSPS) is 20.0. The van der Waals surface area contributed by atoms with E-state index in [2.05, 4.69) is 38.3 Å². The van der Waals surface area contributed by atoms with Crippen LogP contribution in [0.2, 0.25) is 5.02 Å². The number of pyridine rings is 1. The number of aryl methyl sites for hydroxylation is 2. The third-order valence-electron chi connectivity index (χ3n) is 6.68. The summed E-state index contributed by atoms with van der Waals surface area (Å²) in [6.45, 7) is 7.68. The van der Waals surface area contributed by atoms with Crippen LogP contribution >= 0.6 is 27.5 Å². The largest absolute Gasteiger partial charge is 0.444 e. The Hall–Kier alpha value is -2.20. The van der Waals surface area contributed by atoms with Gasteiger partial charge in [-0.2, -0.15) is 0 Å². The van der Waals surface area contributed by atoms with E-state index < -0.39 is 17.7 Å². The highest BCUT2D eigenvalue weighted by Crippen LogP contribution is 2.38. The lowest BCUT2D eigenvalue weighted by molar-refractivity contribution is -0.129. The molecule has 1 aromatic heterocycles. The number of piperazine rings is 1. The van der Waals surface area contributed by atoms with Crippen molar-refractivity contribution in [3.05, 3.63) is 62.3 Å². The fourth-order valence-electron chi connectivity index (χ4n) is 5.02. The van der Waals surface area contributed by atoms with Crippen molar-refractivity contribution in [2.24, 2.45) is 5.73 Å². The number of halogens is 2. The minimum Gasteiger partial charge on any atom is -0.444 e. The lowest BCUT2D eigenvalue weighted by Gasteiger charge is -2.44. The molecule has 2 aliphatic rings. The van der Waals surface area contributed by atoms with Crippen molar-refractivity contribution in [3.8, 4) is 0 Å². The number of benzene rings is 1. The summed E-state index contributed by atoms with van der Waals surface area (Å²) >= 11 is 9.94. The smallest absolute Gasteiger partial charge is 0.411 e. The molecule has 1 aliphatic carbocycles. The van der Waals surface area contributed by atoms with Gasteiger partial charge in [-0.15, -0.1) is 0 Å². The van der Waals surface area contributed by atoms with Gasteiger partial charge < -0.3 is 15.8 Å². The number of nitrogens with one attached hydrogen (secondary N) is 1. The van der Waals surface area contributed by atoms with E-state index in [1.807, 2.05) is 39.1 Å². The quantitative estimate of drug-likeness (QED) is 0.508. The van der Waals surface area contributed by atoms with Crippen LogP contribution in [0.4, 0.5) is 4.79 Å². The van der Waals surface area contributed by atoms with Crippen molar-refractivity contribution in [3.63, 3.8) is 0 Å². The van der Waals surface area contributed by atoms with Crippen molar-refractivity contribution in [1.82, 2.24) is 20.1 Å². The van der Waals surface area contributed by atoms with Gasteiger partial charge in [-0.25, -0.2) is 4.79 Å². The standard InChI is InChI=1S/C27H35BrClN5O3/c1-27(2,3)37-26(36)34-12-11-33(16-22(34)25(35)31-10-4-9-30)24-21-8-7-20(29)14-17(21)5-6-18-13-19(28)15-32-23(18)24/h7-8,13-15,22,24H,4-6,9-12,16,30H2,1-3H3,(H,31,35)/t22-,24?/m1/s1. The highest BCUT2D eigenvalue weighted by molar-refractivity contribution is 9.10. The average molecular weight is 593 g/mol. The van der Waals surface area contributed by atoms with Crippen LogP contribution in [-0.4, -0.2) is 71.2 Å². The first-order valence-corrected chi connectivity index (χ1v) is 13.9. The van der Waals surface area contributed by atoms with Gasteiger partial charge in [-0.05, 0) is 97.4 Å². The Morgan fingerprint density at radius 1 is 1.22 bits per heavy atom. The number of carbonyl (C=O) groups is 2. The fraction of sp³-hybridized carbons (Fsp3) is 0.519. The van der Waals surface area contributed by atoms with Crippen LogP contribution in [0, 0.1) is 0 Å². The number of fused-ring (bicyclic) bond motifs is 2. The van der Waals surface area contributed by atoms with E-state index in [1.165, 1.54) is 5.56 Å². The Labute approximate surface area is 232 Å². The molecule has 2 heterocycles. The van der Waals surface area contributed by atoms with Gasteiger partial charge in [0.2, 0.25) is 5.91 Å². The Bertz CT molecular complexity index is 1100. The Balaban J connectivity index is 1.70. The topological polar surface area (TPSA) is 101 Å². The SMILES string of the molecule is CC(C)(C)OC(=O)N1CCN(C2c3ccc(Cl)cc3CCc3cc(Br)cnc32)C[C@@H]1C(=O)NCCCN. The zero-order valence-corrected chi connectivity index (χ0v) is 23.9. The lowest BCUT2D eigenvalue weighted by atomic mass is 9.95. The molecule has 10 heteroatoms. The second-order valence-corrected chi connectivity index (χ2v) is 11.9. The molecule has 1 aromatic carbocycles. The predicted molar refractivity (Wildman–Crippen MR) is 148 cm³/mol. The molecule has 1 unspecified atom stereocenters. The molecule has 3 N–H and O–H groups in total. The number of rotatable bonds is 5. The zero-order valence-electron chi connectivity index (χ0n) is 21.6. The predicted octanol–water partition coefficient (Wildman–Crippen LogP) is 4.07. The van der Waals surface area contributed by atoms with Crippen LogP contribution in [0.5, 0.6) is 0 Å². The number of hydrogen-bond donors (Lipinski definition) is 2. The molecule has 0 bridgehead atoms. The van der Waals surface area contributed by atoms with Crippen molar-refractivity contribution in [2.75, 3.05) is 32.7 Å². The molecule has 2 atom stereocenters. The molecule has 200 valence electrons. The van der Waals surface area contributed by atoms with Gasteiger partial charge in [-0.1, -0.05) is 17.7 Å². The second kappa shape index (κ2) is 11.7. The number of amides is 2. The first kappa shape index (κ1) is 27.8. The van der Waals surface area contributed by atoms with E-state index in [0.717, 1.165) is 34.1 Å². The molecule has 37 heavy (non-hydrogen) atoms. The van der Waals surface area contributed by atoms with Gasteiger partial charge in [0.1, 0.15) is 11.6 Å². The monoisotopic (exact) mass is 591 g/mol. The van der Waals surface area contributed by atoms with Crippen molar-refractivity contribution in [2.45, 2.75) is 57.7 Å². The van der Waals surface area contributed by atoms with Crippen LogP contribution in [0.25, 0.3) is 0 Å². The summed E-state index contributed by atoms with van der Waals surface area (Å²) < 4.78 is 6.59. The first-order valence-electron chi connectivity index (χ1n) is 12.7. The minimum atomic E-state index is -0.709. The van der Waals surface area contributed by atoms with Crippen LogP contribution in [0.15, 0.2) is 34.9 Å². The van der Waals surface area contributed by atoms with Gasteiger partial charge in [0.05, 0.1) is 11.7 Å². The molecule has 2 amide bonds. The summed E-state index contributed by atoms with van der Waals surface area (Å²) in [5.41, 5.74) is 9.39. The molecule has 2 aromatic rings. The van der Waals surface area contributed by atoms with Crippen molar-refractivity contribution >= 4 is 39.5 Å². The molecule has 0 saturated carbocycles. The highest BCUT2D eigenvalue weighted by atomic mass is 79.9. The summed E-state index contributed by atoms with van der Waals surface area (Å²) in [6, 6.07) is 7.25. The molecule has 1 fully saturated rings. The molecule has 1 saturated heterocycles. The summed E-state index contributed by atoms with van der Waals surface area (Å²) in [7, 11) is 0. The minimum absolute atomic E-state index is 0.169. The number of aromatic nitrogens is 1. The molecular formula is C27H35BrClN5O3. The molecule has 0 radical (unpaired) electrons. The Kier molecular flexibility index (Phi) is 8.78. The third kappa shape index (κ3) is 6.63. The van der Waals surface area contributed by atoms with E-state index in [-0.39, 0.29) is 11.9 Å². The maximum atomic E-state index is 13.4. The number of carbonyl (C=O) groups excluding carboxylic acids is 2. The van der Waals surface area contributed by atoms with E-state index in [9.17, 15) is 9.59 Å². The van der Waals surface area contributed by atoms with E-state index in [0.29, 0.717) is 44.2 Å². The number of nitrogens with two attached hydrogens (primary N) is 1. The van der Waals surface area contributed by atoms with Gasteiger partial charge in [0, 0.05) is 41.9 Å². The summed E-state index contributed by atoms with van der Waals surface area (Å²) in [5, 5.41) is 3.65. The molecule has 1 aliphatic heterocycles. The van der Waals surface area contributed by atoms with E-state index >= 15 is 0 Å². The molecule has 8 nitrogen and oxygen atoms in total. The number of ether oxygens (including phenoxy) is 1. The Morgan fingerprint density at radius 2 is 1.97 bits per heavy atom. The average Bonchev–Trinajstić information content (AvgIpc) is 2.99. The molecular weight excluding hydrogens is 558 g/mol. The number of nitrogens with zero attached hydrogens (tertiary/aromatic N) is 3. The Morgan fingerprint density at radius 3 is 2.70 bits per heavy atom. The van der Waals surface area contributed by atoms with Crippen LogP contribution < -0.4 is 11.1 Å².